The standard InChI is InChI=1S/C21H12ClF2NO2S/c22-14-4-9-18-19(11-14)25-12-20(21(18)13-2-1-3-16(24)10-13)28(26,27)17-7-5-15(23)6-8-17/h1-12H. The molecule has 0 unspecified atom stereocenters. The van der Waals surface area contributed by atoms with Crippen molar-refractivity contribution in [3.8, 4) is 11.1 Å². The number of halogens is 3. The lowest BCUT2D eigenvalue weighted by Gasteiger charge is -2.14. The molecule has 140 valence electrons. The molecule has 0 bridgehead atoms. The van der Waals surface area contributed by atoms with Crippen molar-refractivity contribution in [3.63, 3.8) is 0 Å². The first-order valence-electron chi connectivity index (χ1n) is 8.21. The van der Waals surface area contributed by atoms with Crippen molar-refractivity contribution in [1.82, 2.24) is 4.98 Å². The van der Waals surface area contributed by atoms with E-state index in [1.54, 1.807) is 24.3 Å². The van der Waals surface area contributed by atoms with Crippen LogP contribution in [0.5, 0.6) is 0 Å². The van der Waals surface area contributed by atoms with E-state index in [0.29, 0.717) is 27.1 Å². The van der Waals surface area contributed by atoms with Crippen molar-refractivity contribution in [3.05, 3.63) is 89.6 Å². The van der Waals surface area contributed by atoms with Crippen LogP contribution in [0.25, 0.3) is 22.0 Å². The number of benzene rings is 3. The van der Waals surface area contributed by atoms with Crippen LogP contribution in [0.1, 0.15) is 0 Å². The summed E-state index contributed by atoms with van der Waals surface area (Å²) < 4.78 is 53.6. The van der Waals surface area contributed by atoms with Gasteiger partial charge in [-0.2, -0.15) is 0 Å². The molecule has 28 heavy (non-hydrogen) atoms. The van der Waals surface area contributed by atoms with Crippen molar-refractivity contribution >= 4 is 32.3 Å². The van der Waals surface area contributed by atoms with Crippen LogP contribution in [0, 0.1) is 11.6 Å². The van der Waals surface area contributed by atoms with Crippen LogP contribution in [0.4, 0.5) is 8.78 Å². The van der Waals surface area contributed by atoms with Crippen LogP contribution >= 0.6 is 11.6 Å². The molecule has 7 heteroatoms. The summed E-state index contributed by atoms with van der Waals surface area (Å²) in [6.45, 7) is 0. The van der Waals surface area contributed by atoms with Gasteiger partial charge in [-0.3, -0.25) is 4.98 Å². The van der Waals surface area contributed by atoms with E-state index in [0.717, 1.165) is 12.1 Å². The van der Waals surface area contributed by atoms with Crippen molar-refractivity contribution < 1.29 is 17.2 Å². The van der Waals surface area contributed by atoms with Gasteiger partial charge in [0, 0.05) is 22.2 Å². The molecule has 0 spiro atoms. The third-order valence-corrected chi connectivity index (χ3v) is 6.34. The zero-order chi connectivity index (χ0) is 19.9. The molecule has 0 aliphatic heterocycles. The fraction of sp³-hybridized carbons (Fsp3) is 0. The molecular weight excluding hydrogens is 404 g/mol. The molecule has 0 aliphatic rings. The minimum absolute atomic E-state index is 0.0818. The van der Waals surface area contributed by atoms with Crippen LogP contribution in [-0.2, 0) is 9.84 Å². The van der Waals surface area contributed by atoms with Gasteiger partial charge in [-0.25, -0.2) is 17.2 Å². The Morgan fingerprint density at radius 2 is 1.61 bits per heavy atom. The van der Waals surface area contributed by atoms with Gasteiger partial charge in [-0.15, -0.1) is 0 Å². The summed E-state index contributed by atoms with van der Waals surface area (Å²) >= 11 is 6.03. The Morgan fingerprint density at radius 1 is 0.857 bits per heavy atom. The van der Waals surface area contributed by atoms with Crippen LogP contribution in [0.3, 0.4) is 0 Å². The zero-order valence-corrected chi connectivity index (χ0v) is 15.8. The molecule has 0 amide bonds. The van der Waals surface area contributed by atoms with E-state index in [1.165, 1.54) is 36.5 Å². The van der Waals surface area contributed by atoms with E-state index in [4.69, 9.17) is 11.6 Å². The average Bonchev–Trinajstić information content (AvgIpc) is 2.67. The number of rotatable bonds is 3. The van der Waals surface area contributed by atoms with Gasteiger partial charge in [0.2, 0.25) is 9.84 Å². The summed E-state index contributed by atoms with van der Waals surface area (Å²) in [6.07, 6.45) is 1.22. The molecule has 0 fully saturated rings. The third-order valence-electron chi connectivity index (χ3n) is 4.32. The number of pyridine rings is 1. The monoisotopic (exact) mass is 415 g/mol. The van der Waals surface area contributed by atoms with Gasteiger partial charge in [-0.05, 0) is 54.1 Å². The van der Waals surface area contributed by atoms with Crippen molar-refractivity contribution in [1.29, 1.82) is 0 Å². The molecule has 0 N–H and O–H groups in total. The Bertz CT molecular complexity index is 1310. The Kier molecular flexibility index (Phi) is 4.61. The fourth-order valence-electron chi connectivity index (χ4n) is 3.03. The number of aromatic nitrogens is 1. The molecule has 0 saturated carbocycles. The quantitative estimate of drug-likeness (QED) is 0.405. The van der Waals surface area contributed by atoms with Crippen LogP contribution in [0.2, 0.25) is 5.02 Å². The summed E-state index contributed by atoms with van der Waals surface area (Å²) in [5.74, 6) is -1.04. The first kappa shape index (κ1) is 18.5. The van der Waals surface area contributed by atoms with E-state index in [1.807, 2.05) is 0 Å². The van der Waals surface area contributed by atoms with Crippen LogP contribution < -0.4 is 0 Å². The number of sulfone groups is 1. The molecule has 3 nitrogen and oxygen atoms in total. The van der Waals surface area contributed by atoms with E-state index in [9.17, 15) is 17.2 Å². The Balaban J connectivity index is 2.07. The topological polar surface area (TPSA) is 47.0 Å². The minimum Gasteiger partial charge on any atom is -0.255 e. The molecule has 0 saturated heterocycles. The highest BCUT2D eigenvalue weighted by Crippen LogP contribution is 2.37. The molecule has 1 aromatic heterocycles. The zero-order valence-electron chi connectivity index (χ0n) is 14.2. The number of fused-ring (bicyclic) bond motifs is 1. The maximum Gasteiger partial charge on any atom is 0.208 e. The second-order valence-corrected chi connectivity index (χ2v) is 8.48. The molecule has 4 aromatic rings. The van der Waals surface area contributed by atoms with Crippen molar-refractivity contribution in [2.75, 3.05) is 0 Å². The normalized spacial score (nSPS) is 11.7. The van der Waals surface area contributed by atoms with Gasteiger partial charge < -0.3 is 0 Å². The predicted molar refractivity (Wildman–Crippen MR) is 104 cm³/mol. The molecule has 4 rings (SSSR count). The summed E-state index contributed by atoms with van der Waals surface area (Å²) in [5.41, 5.74) is 1.17. The summed E-state index contributed by atoms with van der Waals surface area (Å²) in [4.78, 5) is 4.05. The van der Waals surface area contributed by atoms with E-state index >= 15 is 0 Å². The fourth-order valence-corrected chi connectivity index (χ4v) is 4.64. The third kappa shape index (κ3) is 3.25. The summed E-state index contributed by atoms with van der Waals surface area (Å²) in [7, 11) is -4.03. The SMILES string of the molecule is O=S(=O)(c1ccc(F)cc1)c1cnc2cc(Cl)ccc2c1-c1cccc(F)c1. The minimum atomic E-state index is -4.03. The molecule has 1 heterocycles. The van der Waals surface area contributed by atoms with Crippen LogP contribution in [0.15, 0.2) is 82.7 Å². The average molecular weight is 416 g/mol. The second kappa shape index (κ2) is 6.96. The maximum absolute atomic E-state index is 13.9. The lowest BCUT2D eigenvalue weighted by Crippen LogP contribution is -2.06. The van der Waals surface area contributed by atoms with Gasteiger partial charge in [0.1, 0.15) is 11.6 Å². The van der Waals surface area contributed by atoms with E-state index < -0.39 is 21.5 Å². The highest BCUT2D eigenvalue weighted by atomic mass is 35.5. The lowest BCUT2D eigenvalue weighted by atomic mass is 10.0. The second-order valence-electron chi connectivity index (χ2n) is 6.13. The number of hydrogen-bond acceptors (Lipinski definition) is 3. The predicted octanol–water partition coefficient (Wildman–Crippen LogP) is 5.67. The highest BCUT2D eigenvalue weighted by Gasteiger charge is 2.25. The van der Waals surface area contributed by atoms with Gasteiger partial charge in [-0.1, -0.05) is 29.8 Å². The van der Waals surface area contributed by atoms with Gasteiger partial charge in [0.05, 0.1) is 15.3 Å². The molecule has 0 radical (unpaired) electrons. The Hall–Kier alpha value is -2.83. The van der Waals surface area contributed by atoms with E-state index in [-0.39, 0.29) is 9.79 Å². The first-order chi connectivity index (χ1) is 13.4. The molecule has 3 aromatic carbocycles. The Labute approximate surface area is 165 Å². The largest absolute Gasteiger partial charge is 0.255 e. The van der Waals surface area contributed by atoms with Gasteiger partial charge in [0.25, 0.3) is 0 Å². The maximum atomic E-state index is 13.9. The Morgan fingerprint density at radius 3 is 2.32 bits per heavy atom. The van der Waals surface area contributed by atoms with Crippen molar-refractivity contribution in [2.45, 2.75) is 9.79 Å². The summed E-state index contributed by atoms with van der Waals surface area (Å²) in [5, 5.41) is 0.956. The van der Waals surface area contributed by atoms with E-state index in [2.05, 4.69) is 4.98 Å². The highest BCUT2D eigenvalue weighted by molar-refractivity contribution is 7.91. The first-order valence-corrected chi connectivity index (χ1v) is 10.1. The summed E-state index contributed by atoms with van der Waals surface area (Å²) in [6, 6.07) is 15.0. The van der Waals surface area contributed by atoms with Crippen LogP contribution in [-0.4, -0.2) is 13.4 Å². The van der Waals surface area contributed by atoms with Crippen molar-refractivity contribution in [2.24, 2.45) is 0 Å². The van der Waals surface area contributed by atoms with Gasteiger partial charge in [0.15, 0.2) is 0 Å². The lowest BCUT2D eigenvalue weighted by molar-refractivity contribution is 0.594. The number of hydrogen-bond donors (Lipinski definition) is 0. The molecular formula is C21H12ClF2NO2S. The number of nitrogens with zero attached hydrogens (tertiary/aromatic N) is 1. The van der Waals surface area contributed by atoms with Gasteiger partial charge >= 0.3 is 0 Å². The molecule has 0 atom stereocenters. The molecule has 0 aliphatic carbocycles. The smallest absolute Gasteiger partial charge is 0.208 e.